The standard InChI is InChI=1S/C22H17F5N2O4S/c1-29(21(30)12-6-13(22(25,26)27)8-14(7-12)34(3,31)32)19-11-28-5-4-15(19)16-9-17(23)18(24)10-20(16)33-2/h4-11H,1-3H3. The predicted molar refractivity (Wildman–Crippen MR) is 113 cm³/mol. The molecule has 0 atom stereocenters. The van der Waals surface area contributed by atoms with Crippen LogP contribution < -0.4 is 9.64 Å². The van der Waals surface area contributed by atoms with Crippen LogP contribution in [0.4, 0.5) is 27.6 Å². The fourth-order valence-electron chi connectivity index (χ4n) is 3.19. The smallest absolute Gasteiger partial charge is 0.416 e. The second kappa shape index (κ2) is 9.01. The first kappa shape index (κ1) is 25.1. The normalized spacial score (nSPS) is 11.9. The van der Waals surface area contributed by atoms with E-state index in [4.69, 9.17) is 4.74 Å². The molecular weight excluding hydrogens is 483 g/mol. The average Bonchev–Trinajstić information content (AvgIpc) is 2.78. The molecule has 1 aromatic heterocycles. The zero-order valence-corrected chi connectivity index (χ0v) is 18.8. The number of hydrogen-bond donors (Lipinski definition) is 0. The summed E-state index contributed by atoms with van der Waals surface area (Å²) in [7, 11) is -1.64. The van der Waals surface area contributed by atoms with Gasteiger partial charge in [-0.1, -0.05) is 0 Å². The molecule has 180 valence electrons. The van der Waals surface area contributed by atoms with Gasteiger partial charge in [-0.15, -0.1) is 0 Å². The number of carbonyl (C=O) groups is 1. The van der Waals surface area contributed by atoms with Gasteiger partial charge in [0, 0.05) is 42.3 Å². The number of benzene rings is 2. The minimum atomic E-state index is -4.91. The van der Waals surface area contributed by atoms with Crippen molar-refractivity contribution in [1.82, 2.24) is 4.98 Å². The summed E-state index contributed by atoms with van der Waals surface area (Å²) in [6, 6.07) is 4.83. The van der Waals surface area contributed by atoms with E-state index in [1.54, 1.807) is 0 Å². The number of anilines is 1. The number of nitrogens with zero attached hydrogens (tertiary/aromatic N) is 2. The van der Waals surface area contributed by atoms with Crippen molar-refractivity contribution in [1.29, 1.82) is 0 Å². The van der Waals surface area contributed by atoms with Gasteiger partial charge < -0.3 is 9.64 Å². The molecule has 0 aliphatic heterocycles. The third kappa shape index (κ3) is 5.01. The largest absolute Gasteiger partial charge is 0.496 e. The molecule has 2 aromatic carbocycles. The summed E-state index contributed by atoms with van der Waals surface area (Å²) in [6.45, 7) is 0. The molecular formula is C22H17F5N2O4S. The molecule has 0 fully saturated rings. The zero-order valence-electron chi connectivity index (χ0n) is 17.9. The van der Waals surface area contributed by atoms with Gasteiger partial charge in [-0.25, -0.2) is 17.2 Å². The molecule has 0 bridgehead atoms. The first-order chi connectivity index (χ1) is 15.7. The van der Waals surface area contributed by atoms with Crippen molar-refractivity contribution in [2.24, 2.45) is 0 Å². The number of amides is 1. The quantitative estimate of drug-likeness (QED) is 0.474. The molecule has 3 aromatic rings. The molecule has 6 nitrogen and oxygen atoms in total. The SMILES string of the molecule is COc1cc(F)c(F)cc1-c1ccncc1N(C)C(=O)c1cc(C(F)(F)F)cc(S(C)(=O)=O)c1. The van der Waals surface area contributed by atoms with Gasteiger partial charge in [0.05, 0.1) is 29.5 Å². The van der Waals surface area contributed by atoms with Crippen LogP contribution in [0.5, 0.6) is 5.75 Å². The molecule has 0 saturated carbocycles. The van der Waals surface area contributed by atoms with Crippen molar-refractivity contribution in [2.75, 3.05) is 25.3 Å². The van der Waals surface area contributed by atoms with Crippen molar-refractivity contribution in [3.05, 3.63) is 71.6 Å². The Bertz CT molecular complexity index is 1370. The second-order valence-corrected chi connectivity index (χ2v) is 9.26. The first-order valence-corrected chi connectivity index (χ1v) is 11.3. The maximum absolute atomic E-state index is 14.0. The molecule has 3 rings (SSSR count). The lowest BCUT2D eigenvalue weighted by Crippen LogP contribution is -2.27. The molecule has 0 radical (unpaired) electrons. The van der Waals surface area contributed by atoms with Crippen LogP contribution >= 0.6 is 0 Å². The Morgan fingerprint density at radius 1 is 1.03 bits per heavy atom. The van der Waals surface area contributed by atoms with Crippen LogP contribution in [-0.2, 0) is 16.0 Å². The Balaban J connectivity index is 2.16. The van der Waals surface area contributed by atoms with E-state index >= 15 is 0 Å². The van der Waals surface area contributed by atoms with Crippen LogP contribution in [0.2, 0.25) is 0 Å². The average molecular weight is 500 g/mol. The van der Waals surface area contributed by atoms with E-state index in [0.29, 0.717) is 12.1 Å². The third-order valence-electron chi connectivity index (χ3n) is 4.91. The second-order valence-electron chi connectivity index (χ2n) is 7.24. The summed E-state index contributed by atoms with van der Waals surface area (Å²) in [5.41, 5.74) is -1.63. The van der Waals surface area contributed by atoms with Crippen LogP contribution in [-0.4, -0.2) is 39.7 Å². The van der Waals surface area contributed by atoms with E-state index in [-0.39, 0.29) is 22.6 Å². The summed E-state index contributed by atoms with van der Waals surface area (Å²) in [6.07, 6.45) is -1.69. The maximum Gasteiger partial charge on any atom is 0.416 e. The highest BCUT2D eigenvalue weighted by Crippen LogP contribution is 2.38. The lowest BCUT2D eigenvalue weighted by atomic mass is 10.0. The Morgan fingerprint density at radius 3 is 2.26 bits per heavy atom. The Morgan fingerprint density at radius 2 is 1.68 bits per heavy atom. The van der Waals surface area contributed by atoms with Crippen molar-refractivity contribution in [2.45, 2.75) is 11.1 Å². The van der Waals surface area contributed by atoms with E-state index in [2.05, 4.69) is 4.98 Å². The molecule has 1 heterocycles. The van der Waals surface area contributed by atoms with Gasteiger partial charge in [-0.3, -0.25) is 9.78 Å². The third-order valence-corrected chi connectivity index (χ3v) is 6.00. The molecule has 0 aliphatic rings. The Kier molecular flexibility index (Phi) is 6.65. The number of hydrogen-bond acceptors (Lipinski definition) is 5. The van der Waals surface area contributed by atoms with Crippen molar-refractivity contribution >= 4 is 21.4 Å². The number of pyridine rings is 1. The van der Waals surface area contributed by atoms with Crippen LogP contribution in [0, 0.1) is 11.6 Å². The predicted octanol–water partition coefficient (Wildman–Crippen LogP) is 4.73. The van der Waals surface area contributed by atoms with Crippen LogP contribution in [0.15, 0.2) is 53.7 Å². The van der Waals surface area contributed by atoms with E-state index < -0.39 is 49.6 Å². The van der Waals surface area contributed by atoms with Crippen LogP contribution in [0.25, 0.3) is 11.1 Å². The number of alkyl halides is 3. The Labute approximate surface area is 191 Å². The van der Waals surface area contributed by atoms with Crippen molar-refractivity contribution in [3.63, 3.8) is 0 Å². The van der Waals surface area contributed by atoms with Crippen LogP contribution in [0.3, 0.4) is 0 Å². The number of methoxy groups -OCH3 is 1. The highest BCUT2D eigenvalue weighted by Gasteiger charge is 2.33. The summed E-state index contributed by atoms with van der Waals surface area (Å²) >= 11 is 0. The van der Waals surface area contributed by atoms with E-state index in [1.807, 2.05) is 0 Å². The fraction of sp³-hybridized carbons (Fsp3) is 0.182. The number of ether oxygens (including phenoxy) is 1. The molecule has 0 saturated heterocycles. The highest BCUT2D eigenvalue weighted by atomic mass is 32.2. The number of sulfone groups is 1. The summed E-state index contributed by atoms with van der Waals surface area (Å²) in [4.78, 5) is 17.3. The number of halogens is 5. The van der Waals surface area contributed by atoms with Gasteiger partial charge in [0.15, 0.2) is 21.5 Å². The van der Waals surface area contributed by atoms with E-state index in [0.717, 1.165) is 29.4 Å². The number of carbonyl (C=O) groups excluding carboxylic acids is 1. The van der Waals surface area contributed by atoms with Gasteiger partial charge in [0.2, 0.25) is 0 Å². The minimum absolute atomic E-state index is 0.0233. The number of rotatable bonds is 5. The van der Waals surface area contributed by atoms with E-state index in [1.165, 1.54) is 32.6 Å². The van der Waals surface area contributed by atoms with Crippen molar-refractivity contribution in [3.8, 4) is 16.9 Å². The van der Waals surface area contributed by atoms with E-state index in [9.17, 15) is 35.2 Å². The summed E-state index contributed by atoms with van der Waals surface area (Å²) in [5.74, 6) is -3.42. The van der Waals surface area contributed by atoms with Gasteiger partial charge >= 0.3 is 6.18 Å². The zero-order chi connectivity index (χ0) is 25.4. The molecule has 0 aliphatic carbocycles. The van der Waals surface area contributed by atoms with Gasteiger partial charge in [0.1, 0.15) is 5.75 Å². The molecule has 0 unspecified atom stereocenters. The minimum Gasteiger partial charge on any atom is -0.496 e. The monoisotopic (exact) mass is 500 g/mol. The van der Waals surface area contributed by atoms with Gasteiger partial charge in [-0.2, -0.15) is 13.2 Å². The molecule has 0 N–H and O–H groups in total. The summed E-state index contributed by atoms with van der Waals surface area (Å²) in [5, 5.41) is 0. The summed E-state index contributed by atoms with van der Waals surface area (Å²) < 4.78 is 96.6. The fourth-order valence-corrected chi connectivity index (χ4v) is 3.87. The molecule has 0 spiro atoms. The van der Waals surface area contributed by atoms with Crippen molar-refractivity contribution < 1.29 is 39.9 Å². The van der Waals surface area contributed by atoms with Gasteiger partial charge in [-0.05, 0) is 30.3 Å². The molecule has 12 heteroatoms. The van der Waals surface area contributed by atoms with Crippen LogP contribution in [0.1, 0.15) is 15.9 Å². The molecule has 34 heavy (non-hydrogen) atoms. The maximum atomic E-state index is 14.0. The molecule has 1 amide bonds. The lowest BCUT2D eigenvalue weighted by molar-refractivity contribution is -0.137. The topological polar surface area (TPSA) is 76.6 Å². The van der Waals surface area contributed by atoms with Gasteiger partial charge in [0.25, 0.3) is 5.91 Å². The number of aromatic nitrogens is 1. The Hall–Kier alpha value is -3.54. The highest BCUT2D eigenvalue weighted by molar-refractivity contribution is 7.90. The lowest BCUT2D eigenvalue weighted by Gasteiger charge is -2.22. The first-order valence-electron chi connectivity index (χ1n) is 9.42.